The van der Waals surface area contributed by atoms with Crippen molar-refractivity contribution in [3.63, 3.8) is 0 Å². The molecule has 1 heterocycles. The van der Waals surface area contributed by atoms with Crippen LogP contribution >= 0.6 is 0 Å². The number of anilines is 1. The molecule has 0 spiro atoms. The van der Waals surface area contributed by atoms with Gasteiger partial charge in [0.2, 0.25) is 0 Å². The average molecular weight is 340 g/mol. The second-order valence-corrected chi connectivity index (χ2v) is 5.45. The van der Waals surface area contributed by atoms with E-state index < -0.39 is 5.82 Å². The quantitative estimate of drug-likeness (QED) is 0.798. The maximum absolute atomic E-state index is 13.4. The van der Waals surface area contributed by atoms with Crippen molar-refractivity contribution in [2.24, 2.45) is 5.10 Å². The van der Waals surface area contributed by atoms with Gasteiger partial charge in [-0.05, 0) is 43.3 Å². The number of hydrogen-bond donors (Lipinski definition) is 0. The fourth-order valence-electron chi connectivity index (χ4n) is 2.56. The molecule has 128 valence electrons. The second kappa shape index (κ2) is 6.76. The van der Waals surface area contributed by atoms with Crippen molar-refractivity contribution in [2.45, 2.75) is 6.92 Å². The lowest BCUT2D eigenvalue weighted by Gasteiger charge is -2.12. The van der Waals surface area contributed by atoms with Gasteiger partial charge < -0.3 is 9.47 Å². The number of hydrazone groups is 1. The lowest BCUT2D eigenvalue weighted by molar-refractivity contribution is -0.114. The van der Waals surface area contributed by atoms with Crippen molar-refractivity contribution in [2.75, 3.05) is 19.2 Å². The number of rotatable bonds is 4. The Kier molecular flexibility index (Phi) is 4.52. The molecule has 25 heavy (non-hydrogen) atoms. The van der Waals surface area contributed by atoms with E-state index in [0.717, 1.165) is 5.56 Å². The third-order valence-corrected chi connectivity index (χ3v) is 3.86. The van der Waals surface area contributed by atoms with Crippen LogP contribution in [0, 0.1) is 5.82 Å². The molecule has 0 aliphatic carbocycles. The van der Waals surface area contributed by atoms with E-state index in [4.69, 9.17) is 9.47 Å². The van der Waals surface area contributed by atoms with Crippen LogP contribution in [0.1, 0.15) is 12.5 Å². The second-order valence-electron chi connectivity index (χ2n) is 5.45. The molecule has 0 fully saturated rings. The monoisotopic (exact) mass is 340 g/mol. The first-order valence-corrected chi connectivity index (χ1v) is 7.63. The van der Waals surface area contributed by atoms with Crippen LogP contribution in [0.3, 0.4) is 0 Å². The number of halogens is 1. The van der Waals surface area contributed by atoms with E-state index in [9.17, 15) is 9.18 Å². The molecule has 1 aliphatic heterocycles. The number of carbonyl (C=O) groups excluding carboxylic acids is 1. The fraction of sp³-hybridized carbons (Fsp3) is 0.158. The zero-order valence-corrected chi connectivity index (χ0v) is 14.1. The number of nitrogens with zero attached hydrogens (tertiary/aromatic N) is 2. The molecule has 6 heteroatoms. The summed E-state index contributed by atoms with van der Waals surface area (Å²) >= 11 is 0. The van der Waals surface area contributed by atoms with Gasteiger partial charge in [0.05, 0.1) is 31.2 Å². The third kappa shape index (κ3) is 3.24. The molecule has 0 aromatic heterocycles. The Balaban J connectivity index is 1.98. The van der Waals surface area contributed by atoms with Gasteiger partial charge in [-0.3, -0.25) is 4.79 Å². The van der Waals surface area contributed by atoms with E-state index in [0.29, 0.717) is 28.5 Å². The Morgan fingerprint density at radius 1 is 1.12 bits per heavy atom. The molecule has 0 radical (unpaired) electrons. The zero-order valence-electron chi connectivity index (χ0n) is 14.1. The van der Waals surface area contributed by atoms with Gasteiger partial charge in [0.1, 0.15) is 17.3 Å². The number of hydrogen-bond acceptors (Lipinski definition) is 4. The van der Waals surface area contributed by atoms with Crippen LogP contribution in [-0.2, 0) is 4.79 Å². The van der Waals surface area contributed by atoms with Gasteiger partial charge in [-0.15, -0.1) is 0 Å². The standard InChI is InChI=1S/C19H17FN2O3/c1-12-17(9-13-7-8-16(24-2)11-18(13)25-3)19(23)22(21-12)15-6-4-5-14(20)10-15/h4-11H,1-3H3/b17-9+. The summed E-state index contributed by atoms with van der Waals surface area (Å²) in [5, 5.41) is 5.44. The molecule has 2 aromatic rings. The normalized spacial score (nSPS) is 15.5. The summed E-state index contributed by atoms with van der Waals surface area (Å²) in [4.78, 5) is 12.7. The van der Waals surface area contributed by atoms with Gasteiger partial charge in [-0.25, -0.2) is 4.39 Å². The van der Waals surface area contributed by atoms with Gasteiger partial charge in [0.25, 0.3) is 5.91 Å². The largest absolute Gasteiger partial charge is 0.497 e. The number of amides is 1. The predicted molar refractivity (Wildman–Crippen MR) is 94.5 cm³/mol. The molecule has 0 saturated heterocycles. The van der Waals surface area contributed by atoms with Crippen molar-refractivity contribution in [1.82, 2.24) is 0 Å². The van der Waals surface area contributed by atoms with E-state index in [1.807, 2.05) is 0 Å². The van der Waals surface area contributed by atoms with Crippen LogP contribution in [0.15, 0.2) is 53.1 Å². The maximum Gasteiger partial charge on any atom is 0.280 e. The molecule has 1 aliphatic rings. The van der Waals surface area contributed by atoms with Crippen molar-refractivity contribution in [1.29, 1.82) is 0 Å². The highest BCUT2D eigenvalue weighted by atomic mass is 19.1. The molecule has 5 nitrogen and oxygen atoms in total. The molecule has 2 aromatic carbocycles. The van der Waals surface area contributed by atoms with Crippen LogP contribution in [0.2, 0.25) is 0 Å². The first-order valence-electron chi connectivity index (χ1n) is 7.63. The molecular weight excluding hydrogens is 323 g/mol. The molecule has 0 saturated carbocycles. The van der Waals surface area contributed by atoms with E-state index in [1.54, 1.807) is 51.5 Å². The van der Waals surface area contributed by atoms with Crippen molar-refractivity contribution in [3.8, 4) is 11.5 Å². The number of carbonyl (C=O) groups is 1. The average Bonchev–Trinajstić information content (AvgIpc) is 2.90. The van der Waals surface area contributed by atoms with Gasteiger partial charge >= 0.3 is 0 Å². The van der Waals surface area contributed by atoms with E-state index >= 15 is 0 Å². The Morgan fingerprint density at radius 2 is 1.92 bits per heavy atom. The lowest BCUT2D eigenvalue weighted by atomic mass is 10.1. The number of benzene rings is 2. The summed E-state index contributed by atoms with van der Waals surface area (Å²) in [6.07, 6.45) is 1.71. The molecule has 0 N–H and O–H groups in total. The van der Waals surface area contributed by atoms with Crippen LogP contribution in [0.5, 0.6) is 11.5 Å². The van der Waals surface area contributed by atoms with Crippen molar-refractivity contribution in [3.05, 3.63) is 59.4 Å². The predicted octanol–water partition coefficient (Wildman–Crippen LogP) is 3.65. The van der Waals surface area contributed by atoms with Gasteiger partial charge in [-0.2, -0.15) is 10.1 Å². The summed E-state index contributed by atoms with van der Waals surface area (Å²) in [6, 6.07) is 11.1. The SMILES string of the molecule is COc1ccc(/C=C2/C(=O)N(c3cccc(F)c3)N=C2C)c(OC)c1. The number of methoxy groups -OCH3 is 2. The highest BCUT2D eigenvalue weighted by Gasteiger charge is 2.29. The minimum Gasteiger partial charge on any atom is -0.497 e. The Hall–Kier alpha value is -3.15. The van der Waals surface area contributed by atoms with Crippen molar-refractivity contribution < 1.29 is 18.7 Å². The van der Waals surface area contributed by atoms with Crippen LogP contribution in [-0.4, -0.2) is 25.8 Å². The van der Waals surface area contributed by atoms with Crippen molar-refractivity contribution >= 4 is 23.4 Å². The smallest absolute Gasteiger partial charge is 0.280 e. The first kappa shape index (κ1) is 16.7. The molecular formula is C19H17FN2O3. The van der Waals surface area contributed by atoms with Crippen LogP contribution in [0.25, 0.3) is 6.08 Å². The fourth-order valence-corrected chi connectivity index (χ4v) is 2.56. The molecule has 0 bridgehead atoms. The van der Waals surface area contributed by atoms with Crippen LogP contribution in [0.4, 0.5) is 10.1 Å². The minimum absolute atomic E-state index is 0.319. The summed E-state index contributed by atoms with van der Waals surface area (Å²) in [7, 11) is 3.12. The summed E-state index contributed by atoms with van der Waals surface area (Å²) in [5.74, 6) is 0.494. The molecule has 0 atom stereocenters. The minimum atomic E-state index is -0.424. The molecule has 1 amide bonds. The van der Waals surface area contributed by atoms with Crippen LogP contribution < -0.4 is 14.5 Å². The van der Waals surface area contributed by atoms with E-state index in [-0.39, 0.29) is 5.91 Å². The Bertz CT molecular complexity index is 890. The van der Waals surface area contributed by atoms with E-state index in [1.165, 1.54) is 23.2 Å². The van der Waals surface area contributed by atoms with E-state index in [2.05, 4.69) is 5.10 Å². The van der Waals surface area contributed by atoms with Gasteiger partial charge in [-0.1, -0.05) is 6.07 Å². The van der Waals surface area contributed by atoms with Gasteiger partial charge in [0, 0.05) is 11.6 Å². The summed E-state index contributed by atoms with van der Waals surface area (Å²) in [5.41, 5.74) is 2.08. The lowest BCUT2D eigenvalue weighted by Crippen LogP contribution is -2.21. The summed E-state index contributed by atoms with van der Waals surface area (Å²) in [6.45, 7) is 1.74. The molecule has 0 unspecified atom stereocenters. The Labute approximate surface area is 145 Å². The zero-order chi connectivity index (χ0) is 18.0. The Morgan fingerprint density at radius 3 is 2.60 bits per heavy atom. The first-order chi connectivity index (χ1) is 12.0. The topological polar surface area (TPSA) is 51.1 Å². The maximum atomic E-state index is 13.4. The third-order valence-electron chi connectivity index (χ3n) is 3.86. The van der Waals surface area contributed by atoms with Gasteiger partial charge in [0.15, 0.2) is 0 Å². The highest BCUT2D eigenvalue weighted by molar-refractivity contribution is 6.32. The number of ether oxygens (including phenoxy) is 2. The molecule has 3 rings (SSSR count). The highest BCUT2D eigenvalue weighted by Crippen LogP contribution is 2.30. The summed E-state index contributed by atoms with van der Waals surface area (Å²) < 4.78 is 24.0.